The van der Waals surface area contributed by atoms with Gasteiger partial charge in [0.2, 0.25) is 0 Å². The highest BCUT2D eigenvalue weighted by Crippen LogP contribution is 2.27. The third-order valence-electron chi connectivity index (χ3n) is 3.14. The summed E-state index contributed by atoms with van der Waals surface area (Å²) in [6, 6.07) is 4.77. The van der Waals surface area contributed by atoms with Crippen molar-refractivity contribution in [1.29, 1.82) is 0 Å². The molecular formula is C13H14BrFN4. The van der Waals surface area contributed by atoms with Crippen LogP contribution in [0, 0.1) is 11.7 Å². The van der Waals surface area contributed by atoms with Gasteiger partial charge in [-0.05, 0) is 59.4 Å². The van der Waals surface area contributed by atoms with Crippen molar-refractivity contribution in [2.24, 2.45) is 5.92 Å². The van der Waals surface area contributed by atoms with Crippen molar-refractivity contribution in [3.05, 3.63) is 40.4 Å². The monoisotopic (exact) mass is 324 g/mol. The summed E-state index contributed by atoms with van der Waals surface area (Å²) in [5.74, 6) is 0.568. The van der Waals surface area contributed by atoms with Crippen LogP contribution in [0.25, 0.3) is 5.69 Å². The van der Waals surface area contributed by atoms with Crippen LogP contribution in [0.3, 0.4) is 0 Å². The summed E-state index contributed by atoms with van der Waals surface area (Å²) in [7, 11) is 0. The Kier molecular flexibility index (Phi) is 3.61. The van der Waals surface area contributed by atoms with Gasteiger partial charge in [0.25, 0.3) is 0 Å². The number of aromatic nitrogens is 3. The first-order chi connectivity index (χ1) is 9.22. The number of nitrogens with zero attached hydrogens (tertiary/aromatic N) is 3. The fraction of sp³-hybridized carbons (Fsp3) is 0.385. The van der Waals surface area contributed by atoms with Crippen molar-refractivity contribution in [2.45, 2.75) is 19.4 Å². The van der Waals surface area contributed by atoms with Gasteiger partial charge in [-0.25, -0.2) is 9.07 Å². The summed E-state index contributed by atoms with van der Waals surface area (Å²) < 4.78 is 15.2. The first kappa shape index (κ1) is 12.7. The fourth-order valence-electron chi connectivity index (χ4n) is 1.86. The van der Waals surface area contributed by atoms with Crippen LogP contribution in [-0.4, -0.2) is 21.5 Å². The maximum absolute atomic E-state index is 13.2. The number of hydrogen-bond acceptors (Lipinski definition) is 3. The van der Waals surface area contributed by atoms with E-state index in [4.69, 9.17) is 0 Å². The van der Waals surface area contributed by atoms with Gasteiger partial charge in [0.15, 0.2) is 0 Å². The maximum atomic E-state index is 13.2. The van der Waals surface area contributed by atoms with E-state index in [1.807, 2.05) is 6.20 Å². The lowest BCUT2D eigenvalue weighted by Gasteiger charge is -2.01. The smallest absolute Gasteiger partial charge is 0.137 e. The number of rotatable bonds is 5. The summed E-state index contributed by atoms with van der Waals surface area (Å²) in [5, 5.41) is 11.5. The van der Waals surface area contributed by atoms with Crippen molar-refractivity contribution in [3.63, 3.8) is 0 Å². The molecular weight excluding hydrogens is 311 g/mol. The van der Waals surface area contributed by atoms with Crippen LogP contribution in [0.2, 0.25) is 0 Å². The molecule has 0 unspecified atom stereocenters. The molecule has 19 heavy (non-hydrogen) atoms. The fourth-order valence-corrected chi connectivity index (χ4v) is 2.23. The van der Waals surface area contributed by atoms with Crippen LogP contribution in [-0.2, 0) is 6.54 Å². The van der Waals surface area contributed by atoms with E-state index in [9.17, 15) is 4.39 Å². The number of nitrogens with one attached hydrogen (secondary N) is 1. The molecule has 4 nitrogen and oxygen atoms in total. The van der Waals surface area contributed by atoms with E-state index in [-0.39, 0.29) is 5.82 Å². The molecule has 0 bridgehead atoms. The molecule has 1 saturated carbocycles. The minimum Gasteiger partial charge on any atom is -0.311 e. The molecule has 1 N–H and O–H groups in total. The highest BCUT2D eigenvalue weighted by atomic mass is 79.9. The van der Waals surface area contributed by atoms with E-state index < -0.39 is 0 Å². The van der Waals surface area contributed by atoms with E-state index >= 15 is 0 Å². The molecule has 0 radical (unpaired) electrons. The SMILES string of the molecule is Fc1ccc(-n2cc(CNCC3CC3)nn2)cc1Br. The topological polar surface area (TPSA) is 42.7 Å². The number of hydrogen-bond donors (Lipinski definition) is 1. The minimum absolute atomic E-state index is 0.282. The number of benzene rings is 1. The zero-order valence-corrected chi connectivity index (χ0v) is 11.9. The van der Waals surface area contributed by atoms with E-state index in [0.29, 0.717) is 4.47 Å². The highest BCUT2D eigenvalue weighted by molar-refractivity contribution is 9.10. The van der Waals surface area contributed by atoms with Crippen LogP contribution in [0.4, 0.5) is 4.39 Å². The zero-order valence-electron chi connectivity index (χ0n) is 10.3. The van der Waals surface area contributed by atoms with Gasteiger partial charge in [0.05, 0.1) is 22.1 Å². The molecule has 1 aliphatic rings. The summed E-state index contributed by atoms with van der Waals surface area (Å²) in [6.45, 7) is 1.77. The average Bonchev–Trinajstić information content (AvgIpc) is 3.10. The molecule has 0 atom stereocenters. The van der Waals surface area contributed by atoms with Crippen LogP contribution in [0.1, 0.15) is 18.5 Å². The van der Waals surface area contributed by atoms with Crippen molar-refractivity contribution in [1.82, 2.24) is 20.3 Å². The van der Waals surface area contributed by atoms with Crippen LogP contribution in [0.15, 0.2) is 28.9 Å². The molecule has 1 fully saturated rings. The first-order valence-corrected chi connectivity index (χ1v) is 7.09. The van der Waals surface area contributed by atoms with Crippen LogP contribution in [0.5, 0.6) is 0 Å². The van der Waals surface area contributed by atoms with Crippen molar-refractivity contribution in [2.75, 3.05) is 6.54 Å². The average molecular weight is 325 g/mol. The maximum Gasteiger partial charge on any atom is 0.137 e. The normalized spacial score (nSPS) is 14.8. The van der Waals surface area contributed by atoms with E-state index in [0.717, 1.165) is 30.4 Å². The van der Waals surface area contributed by atoms with Gasteiger partial charge in [0, 0.05) is 6.54 Å². The lowest BCUT2D eigenvalue weighted by atomic mass is 10.3. The molecule has 0 aliphatic heterocycles. The number of halogens is 2. The second kappa shape index (κ2) is 5.38. The van der Waals surface area contributed by atoms with Gasteiger partial charge in [-0.2, -0.15) is 0 Å². The molecule has 1 aromatic carbocycles. The van der Waals surface area contributed by atoms with Gasteiger partial charge in [-0.1, -0.05) is 5.21 Å². The first-order valence-electron chi connectivity index (χ1n) is 6.30. The van der Waals surface area contributed by atoms with Crippen molar-refractivity contribution in [3.8, 4) is 5.69 Å². The summed E-state index contributed by atoms with van der Waals surface area (Å²) in [6.07, 6.45) is 4.53. The second-order valence-electron chi connectivity index (χ2n) is 4.83. The van der Waals surface area contributed by atoms with E-state index in [1.54, 1.807) is 16.8 Å². The van der Waals surface area contributed by atoms with Crippen molar-refractivity contribution < 1.29 is 4.39 Å². The second-order valence-corrected chi connectivity index (χ2v) is 5.68. The Labute approximate surface area is 119 Å². The molecule has 1 aromatic heterocycles. The molecule has 100 valence electrons. The predicted molar refractivity (Wildman–Crippen MR) is 73.4 cm³/mol. The molecule has 1 heterocycles. The lowest BCUT2D eigenvalue weighted by molar-refractivity contribution is 0.620. The zero-order chi connectivity index (χ0) is 13.2. The summed E-state index contributed by atoms with van der Waals surface area (Å²) in [4.78, 5) is 0. The minimum atomic E-state index is -0.282. The standard InChI is InChI=1S/C13H14BrFN4/c14-12-5-11(3-4-13(12)15)19-8-10(17-18-19)7-16-6-9-1-2-9/h3-5,8-9,16H,1-2,6-7H2. The molecule has 0 amide bonds. The highest BCUT2D eigenvalue weighted by Gasteiger charge is 2.20. The van der Waals surface area contributed by atoms with E-state index in [1.165, 1.54) is 18.9 Å². The Bertz CT molecular complexity index is 580. The van der Waals surface area contributed by atoms with Crippen LogP contribution >= 0.6 is 15.9 Å². The molecule has 1 aliphatic carbocycles. The summed E-state index contributed by atoms with van der Waals surface area (Å²) in [5.41, 5.74) is 1.68. The molecule has 0 spiro atoms. The lowest BCUT2D eigenvalue weighted by Crippen LogP contribution is -2.16. The van der Waals surface area contributed by atoms with Gasteiger partial charge in [-0.15, -0.1) is 5.10 Å². The van der Waals surface area contributed by atoms with E-state index in [2.05, 4.69) is 31.6 Å². The molecule has 2 aromatic rings. The quantitative estimate of drug-likeness (QED) is 0.919. The predicted octanol–water partition coefficient (Wildman–Crippen LogP) is 2.67. The largest absolute Gasteiger partial charge is 0.311 e. The molecule has 6 heteroatoms. The van der Waals surface area contributed by atoms with Gasteiger partial charge in [0.1, 0.15) is 5.82 Å². The van der Waals surface area contributed by atoms with Gasteiger partial charge in [-0.3, -0.25) is 0 Å². The Balaban J connectivity index is 1.67. The van der Waals surface area contributed by atoms with Crippen LogP contribution < -0.4 is 5.32 Å². The van der Waals surface area contributed by atoms with Gasteiger partial charge < -0.3 is 5.32 Å². The molecule has 3 rings (SSSR count). The molecule has 0 saturated heterocycles. The summed E-state index contributed by atoms with van der Waals surface area (Å²) >= 11 is 3.17. The Morgan fingerprint density at radius 2 is 2.26 bits per heavy atom. The third-order valence-corrected chi connectivity index (χ3v) is 3.75. The Morgan fingerprint density at radius 1 is 1.42 bits per heavy atom. The third kappa shape index (κ3) is 3.19. The van der Waals surface area contributed by atoms with Crippen molar-refractivity contribution >= 4 is 15.9 Å². The Morgan fingerprint density at radius 3 is 3.00 bits per heavy atom. The van der Waals surface area contributed by atoms with Gasteiger partial charge >= 0.3 is 0 Å². The Hall–Kier alpha value is -1.27.